The predicted octanol–water partition coefficient (Wildman–Crippen LogP) is 0.912. The highest BCUT2D eigenvalue weighted by Crippen LogP contribution is 1.89. The summed E-state index contributed by atoms with van der Waals surface area (Å²) in [5.74, 6) is -0.423. The summed E-state index contributed by atoms with van der Waals surface area (Å²) in [7, 11) is 0. The van der Waals surface area contributed by atoms with Crippen molar-refractivity contribution < 1.29 is 9.63 Å². The van der Waals surface area contributed by atoms with Crippen molar-refractivity contribution in [3.63, 3.8) is 0 Å². The highest BCUT2D eigenvalue weighted by Gasteiger charge is 1.87. The number of oxime groups is 1. The van der Waals surface area contributed by atoms with Gasteiger partial charge in [0, 0.05) is 13.1 Å². The topological polar surface area (TPSA) is 54.4 Å². The van der Waals surface area contributed by atoms with Crippen molar-refractivity contribution in [3.05, 3.63) is 24.0 Å². The molecule has 0 aliphatic rings. The van der Waals surface area contributed by atoms with Crippen LogP contribution in [0.5, 0.6) is 0 Å². The minimum Gasteiger partial charge on any atom is -0.360 e. The van der Waals surface area contributed by atoms with Crippen LogP contribution in [0.4, 0.5) is 0 Å². The molecule has 4 heteroatoms. The van der Waals surface area contributed by atoms with E-state index in [9.17, 15) is 4.79 Å². The normalized spacial score (nSPS) is 10.3. The zero-order valence-electron chi connectivity index (χ0n) is 6.07. The maximum Gasteiger partial charge on any atom is 0.331 e. The molecule has 0 aliphatic heterocycles. The number of hydrogen-bond donors (Lipinski definition) is 1. The molecule has 4 nitrogen and oxygen atoms in total. The summed E-state index contributed by atoms with van der Waals surface area (Å²) in [5, 5.41) is 3.41. The monoisotopic (exact) mass is 152 g/mol. The van der Waals surface area contributed by atoms with E-state index in [4.69, 9.17) is 0 Å². The second kappa shape index (κ2) is 3.55. The van der Waals surface area contributed by atoms with Crippen molar-refractivity contribution >= 4 is 12.2 Å². The molecule has 1 heterocycles. The fourth-order valence-corrected chi connectivity index (χ4v) is 0.582. The van der Waals surface area contributed by atoms with Crippen LogP contribution in [0.3, 0.4) is 0 Å². The van der Waals surface area contributed by atoms with Crippen molar-refractivity contribution in [2.75, 3.05) is 0 Å². The van der Waals surface area contributed by atoms with Gasteiger partial charge < -0.3 is 9.82 Å². The van der Waals surface area contributed by atoms with E-state index in [1.165, 1.54) is 13.1 Å². The standard InChI is InChI=1S/C7H8N2O2/c1-6(10)11-9-5-7-3-2-4-8-7/h2-5,8H,1H3. The number of hydrogen-bond acceptors (Lipinski definition) is 3. The molecule has 1 N–H and O–H groups in total. The van der Waals surface area contributed by atoms with Crippen molar-refractivity contribution in [2.45, 2.75) is 6.92 Å². The fourth-order valence-electron chi connectivity index (χ4n) is 0.582. The van der Waals surface area contributed by atoms with Gasteiger partial charge >= 0.3 is 5.97 Å². The molecular formula is C7H8N2O2. The van der Waals surface area contributed by atoms with E-state index in [1.54, 1.807) is 6.20 Å². The molecule has 0 aromatic carbocycles. The van der Waals surface area contributed by atoms with Crippen LogP contribution in [0.15, 0.2) is 23.5 Å². The number of aromatic amines is 1. The van der Waals surface area contributed by atoms with Gasteiger partial charge in [0.25, 0.3) is 0 Å². The SMILES string of the molecule is CC(=O)ON=Cc1ccc[nH]1. The number of carbonyl (C=O) groups excluding carboxylic acids is 1. The van der Waals surface area contributed by atoms with Gasteiger partial charge in [0.15, 0.2) is 0 Å². The Kier molecular flexibility index (Phi) is 2.43. The molecule has 0 amide bonds. The number of H-pyrrole nitrogens is 1. The Morgan fingerprint density at radius 2 is 2.64 bits per heavy atom. The summed E-state index contributed by atoms with van der Waals surface area (Å²) in [6, 6.07) is 3.64. The van der Waals surface area contributed by atoms with Crippen LogP contribution in [0.25, 0.3) is 0 Å². The number of carbonyl (C=O) groups is 1. The molecule has 0 radical (unpaired) electrons. The average molecular weight is 152 g/mol. The van der Waals surface area contributed by atoms with Gasteiger partial charge in [-0.2, -0.15) is 0 Å². The second-order valence-corrected chi connectivity index (χ2v) is 1.94. The summed E-state index contributed by atoms with van der Waals surface area (Å²) in [6.45, 7) is 1.30. The molecule has 0 bridgehead atoms. The Balaban J connectivity index is 2.43. The molecule has 11 heavy (non-hydrogen) atoms. The maximum absolute atomic E-state index is 10.2. The summed E-state index contributed by atoms with van der Waals surface area (Å²) in [4.78, 5) is 17.4. The van der Waals surface area contributed by atoms with Gasteiger partial charge in [-0.15, -0.1) is 0 Å². The van der Waals surface area contributed by atoms with Crippen LogP contribution in [0.1, 0.15) is 12.6 Å². The van der Waals surface area contributed by atoms with E-state index in [2.05, 4.69) is 15.0 Å². The lowest BCUT2D eigenvalue weighted by molar-refractivity contribution is -0.140. The number of rotatable bonds is 2. The number of aromatic nitrogens is 1. The average Bonchev–Trinajstić information content (AvgIpc) is 2.39. The van der Waals surface area contributed by atoms with E-state index in [0.717, 1.165) is 5.69 Å². The summed E-state index contributed by atoms with van der Waals surface area (Å²) >= 11 is 0. The Bertz CT molecular complexity index is 251. The maximum atomic E-state index is 10.2. The molecule has 0 aliphatic carbocycles. The van der Waals surface area contributed by atoms with E-state index >= 15 is 0 Å². The molecule has 0 spiro atoms. The van der Waals surface area contributed by atoms with Gasteiger partial charge in [-0.05, 0) is 12.1 Å². The zero-order chi connectivity index (χ0) is 8.10. The first-order chi connectivity index (χ1) is 5.29. The van der Waals surface area contributed by atoms with Crippen LogP contribution in [0.2, 0.25) is 0 Å². The summed E-state index contributed by atoms with van der Waals surface area (Å²) in [6.07, 6.45) is 3.19. The summed E-state index contributed by atoms with van der Waals surface area (Å²) in [5.41, 5.74) is 0.797. The Morgan fingerprint density at radius 3 is 3.18 bits per heavy atom. The first-order valence-electron chi connectivity index (χ1n) is 3.13. The number of nitrogens with one attached hydrogen (secondary N) is 1. The summed E-state index contributed by atoms with van der Waals surface area (Å²) < 4.78 is 0. The van der Waals surface area contributed by atoms with Crippen molar-refractivity contribution in [3.8, 4) is 0 Å². The molecule has 58 valence electrons. The van der Waals surface area contributed by atoms with E-state index in [0.29, 0.717) is 0 Å². The third kappa shape index (κ3) is 2.66. The van der Waals surface area contributed by atoms with Gasteiger partial charge in [0.05, 0.1) is 11.9 Å². The molecule has 0 atom stereocenters. The molecule has 1 rings (SSSR count). The third-order valence-electron chi connectivity index (χ3n) is 0.995. The van der Waals surface area contributed by atoms with E-state index in [-0.39, 0.29) is 0 Å². The van der Waals surface area contributed by atoms with E-state index < -0.39 is 5.97 Å². The molecule has 0 unspecified atom stereocenters. The van der Waals surface area contributed by atoms with Gasteiger partial charge in [0.2, 0.25) is 0 Å². The molecular weight excluding hydrogens is 144 g/mol. The lowest BCUT2D eigenvalue weighted by Gasteiger charge is -1.86. The Morgan fingerprint density at radius 1 is 1.82 bits per heavy atom. The Hall–Kier alpha value is -1.58. The molecule has 1 aromatic rings. The van der Waals surface area contributed by atoms with E-state index in [1.807, 2.05) is 12.1 Å². The van der Waals surface area contributed by atoms with Crippen molar-refractivity contribution in [1.29, 1.82) is 0 Å². The lowest BCUT2D eigenvalue weighted by Crippen LogP contribution is -1.91. The Labute approximate surface area is 63.9 Å². The first kappa shape index (κ1) is 7.53. The largest absolute Gasteiger partial charge is 0.360 e. The quantitative estimate of drug-likeness (QED) is 0.389. The van der Waals surface area contributed by atoms with Crippen molar-refractivity contribution in [2.24, 2.45) is 5.16 Å². The van der Waals surface area contributed by atoms with Crippen molar-refractivity contribution in [1.82, 2.24) is 4.98 Å². The molecule has 0 fully saturated rings. The van der Waals surface area contributed by atoms with Gasteiger partial charge in [-0.25, -0.2) is 4.79 Å². The minimum atomic E-state index is -0.423. The minimum absolute atomic E-state index is 0.423. The van der Waals surface area contributed by atoms with Gasteiger partial charge in [-0.3, -0.25) is 0 Å². The van der Waals surface area contributed by atoms with Crippen LogP contribution in [0, 0.1) is 0 Å². The predicted molar refractivity (Wildman–Crippen MR) is 40.2 cm³/mol. The fraction of sp³-hybridized carbons (Fsp3) is 0.143. The van der Waals surface area contributed by atoms with Crippen LogP contribution < -0.4 is 0 Å². The third-order valence-corrected chi connectivity index (χ3v) is 0.995. The highest BCUT2D eigenvalue weighted by molar-refractivity contribution is 5.77. The zero-order valence-corrected chi connectivity index (χ0v) is 6.07. The second-order valence-electron chi connectivity index (χ2n) is 1.94. The van der Waals surface area contributed by atoms with Crippen LogP contribution in [-0.4, -0.2) is 17.2 Å². The molecule has 0 saturated carbocycles. The smallest absolute Gasteiger partial charge is 0.331 e. The van der Waals surface area contributed by atoms with Gasteiger partial charge in [-0.1, -0.05) is 5.16 Å². The van der Waals surface area contributed by atoms with Gasteiger partial charge in [0.1, 0.15) is 0 Å². The lowest BCUT2D eigenvalue weighted by atomic mass is 10.5. The molecule has 1 aromatic heterocycles. The highest BCUT2D eigenvalue weighted by atomic mass is 16.7. The van der Waals surface area contributed by atoms with Crippen LogP contribution >= 0.6 is 0 Å². The van der Waals surface area contributed by atoms with Crippen LogP contribution in [-0.2, 0) is 9.63 Å². The number of nitrogens with zero attached hydrogens (tertiary/aromatic N) is 1. The first-order valence-corrected chi connectivity index (χ1v) is 3.13. The molecule has 0 saturated heterocycles.